The Morgan fingerprint density at radius 3 is 2.56 bits per heavy atom. The minimum atomic E-state index is 0.0331. The number of para-hydroxylation sites is 1. The Balaban J connectivity index is 2.49. The van der Waals surface area contributed by atoms with Crippen LogP contribution in [0.3, 0.4) is 0 Å². The first-order chi connectivity index (χ1) is 8.41. The van der Waals surface area contributed by atoms with E-state index in [4.69, 9.17) is 0 Å². The lowest BCUT2D eigenvalue weighted by Gasteiger charge is -2.31. The molecule has 2 heteroatoms. The highest BCUT2D eigenvalue weighted by atomic mass is 16.2. The summed E-state index contributed by atoms with van der Waals surface area (Å²) < 4.78 is 0. The second-order valence-corrected chi connectivity index (χ2v) is 6.00. The van der Waals surface area contributed by atoms with Gasteiger partial charge in [0.25, 0.3) is 0 Å². The number of carbonyl (C=O) groups is 1. The predicted molar refractivity (Wildman–Crippen MR) is 75.5 cm³/mol. The second kappa shape index (κ2) is 4.60. The third-order valence-corrected chi connectivity index (χ3v) is 3.37. The number of hydrogen-bond donors (Lipinski definition) is 0. The Morgan fingerprint density at radius 1 is 1.22 bits per heavy atom. The van der Waals surface area contributed by atoms with Crippen molar-refractivity contribution < 1.29 is 4.79 Å². The van der Waals surface area contributed by atoms with Gasteiger partial charge in [-0.05, 0) is 23.5 Å². The van der Waals surface area contributed by atoms with E-state index < -0.39 is 0 Å². The average molecular weight is 243 g/mol. The summed E-state index contributed by atoms with van der Waals surface area (Å²) >= 11 is 0. The molecule has 2 rings (SSSR count). The largest absolute Gasteiger partial charge is 0.288 e. The Morgan fingerprint density at radius 2 is 1.89 bits per heavy atom. The van der Waals surface area contributed by atoms with Gasteiger partial charge in [0.2, 0.25) is 5.91 Å². The van der Waals surface area contributed by atoms with Gasteiger partial charge in [0.15, 0.2) is 0 Å². The maximum atomic E-state index is 12.3. The number of hydrogen-bond acceptors (Lipinski definition) is 1. The molecule has 1 aliphatic rings. The number of rotatable bonds is 1. The lowest BCUT2D eigenvalue weighted by Crippen LogP contribution is -2.34. The summed E-state index contributed by atoms with van der Waals surface area (Å²) in [4.78, 5) is 14.1. The van der Waals surface area contributed by atoms with E-state index in [0.717, 1.165) is 12.1 Å². The van der Waals surface area contributed by atoms with Crippen LogP contribution in [-0.4, -0.2) is 5.91 Å². The first-order valence-electron chi connectivity index (χ1n) is 6.50. The molecule has 1 aliphatic heterocycles. The van der Waals surface area contributed by atoms with Crippen molar-refractivity contribution in [2.45, 2.75) is 39.5 Å². The van der Waals surface area contributed by atoms with Crippen molar-refractivity contribution in [2.24, 2.45) is 5.92 Å². The van der Waals surface area contributed by atoms with Gasteiger partial charge in [0.05, 0.1) is 5.69 Å². The molecule has 1 atom stereocenters. The van der Waals surface area contributed by atoms with Crippen LogP contribution < -0.4 is 4.90 Å². The highest BCUT2D eigenvalue weighted by Gasteiger charge is 2.27. The van der Waals surface area contributed by atoms with Crippen LogP contribution in [0.25, 0.3) is 0 Å². The van der Waals surface area contributed by atoms with Gasteiger partial charge in [-0.25, -0.2) is 0 Å². The second-order valence-electron chi connectivity index (χ2n) is 6.00. The quantitative estimate of drug-likeness (QED) is 0.733. The maximum Gasteiger partial charge on any atom is 0.234 e. The first-order valence-corrected chi connectivity index (χ1v) is 6.50. The van der Waals surface area contributed by atoms with Gasteiger partial charge < -0.3 is 0 Å². The van der Waals surface area contributed by atoms with E-state index in [0.29, 0.717) is 0 Å². The van der Waals surface area contributed by atoms with Crippen LogP contribution >= 0.6 is 0 Å². The molecule has 0 fully saturated rings. The van der Waals surface area contributed by atoms with Gasteiger partial charge >= 0.3 is 0 Å². The van der Waals surface area contributed by atoms with Crippen molar-refractivity contribution in [3.05, 3.63) is 42.1 Å². The van der Waals surface area contributed by atoms with Gasteiger partial charge in [-0.3, -0.25) is 9.69 Å². The smallest absolute Gasteiger partial charge is 0.234 e. The van der Waals surface area contributed by atoms with E-state index in [1.807, 2.05) is 31.3 Å². The van der Waals surface area contributed by atoms with Crippen molar-refractivity contribution in [1.29, 1.82) is 0 Å². The first kappa shape index (κ1) is 12.9. The minimum Gasteiger partial charge on any atom is -0.288 e. The highest BCUT2D eigenvalue weighted by molar-refractivity contribution is 5.98. The molecule has 1 amide bonds. The summed E-state index contributed by atoms with van der Waals surface area (Å²) in [6, 6.07) is 8.16. The van der Waals surface area contributed by atoms with Gasteiger partial charge in [-0.15, -0.1) is 0 Å². The van der Waals surface area contributed by atoms with Gasteiger partial charge in [0, 0.05) is 12.1 Å². The van der Waals surface area contributed by atoms with Crippen LogP contribution in [0, 0.1) is 5.92 Å². The van der Waals surface area contributed by atoms with Crippen molar-refractivity contribution in [3.63, 3.8) is 0 Å². The Labute approximate surface area is 109 Å². The molecular formula is C16H21NO. The Bertz CT molecular complexity index is 482. The number of benzene rings is 1. The lowest BCUT2D eigenvalue weighted by atomic mass is 9.85. The van der Waals surface area contributed by atoms with Gasteiger partial charge in [-0.1, -0.05) is 52.0 Å². The Kier molecular flexibility index (Phi) is 3.29. The number of allylic oxidation sites excluding steroid dienone is 1. The monoisotopic (exact) mass is 243 g/mol. The fraction of sp³-hybridized carbons (Fsp3) is 0.438. The summed E-state index contributed by atoms with van der Waals surface area (Å²) in [5, 5.41) is 0. The standard InChI is InChI=1S/C16H21NO/c1-12-8-7-11-17(15(12)18)14-10-6-5-9-13(14)16(2,3)4/h5-7,9-12H,8H2,1-4H3. The van der Waals surface area contributed by atoms with Crippen LogP contribution in [0.15, 0.2) is 36.5 Å². The molecule has 0 bridgehead atoms. The van der Waals surface area contributed by atoms with Crippen LogP contribution in [0.4, 0.5) is 5.69 Å². The molecule has 18 heavy (non-hydrogen) atoms. The van der Waals surface area contributed by atoms with Gasteiger partial charge in [-0.2, -0.15) is 0 Å². The number of amides is 1. The maximum absolute atomic E-state index is 12.3. The third-order valence-electron chi connectivity index (χ3n) is 3.37. The van der Waals surface area contributed by atoms with E-state index in [9.17, 15) is 4.79 Å². The predicted octanol–water partition coefficient (Wildman–Crippen LogP) is 3.87. The zero-order valence-corrected chi connectivity index (χ0v) is 11.6. The topological polar surface area (TPSA) is 20.3 Å². The zero-order valence-electron chi connectivity index (χ0n) is 11.6. The van der Waals surface area contributed by atoms with E-state index in [-0.39, 0.29) is 17.2 Å². The lowest BCUT2D eigenvalue weighted by molar-refractivity contribution is -0.121. The summed E-state index contributed by atoms with van der Waals surface area (Å²) in [6.07, 6.45) is 4.82. The molecule has 0 aliphatic carbocycles. The molecule has 0 radical (unpaired) electrons. The fourth-order valence-electron chi connectivity index (χ4n) is 2.30. The molecule has 0 N–H and O–H groups in total. The molecule has 0 aromatic heterocycles. The summed E-state index contributed by atoms with van der Waals surface area (Å²) in [7, 11) is 0. The summed E-state index contributed by atoms with van der Waals surface area (Å²) in [5.41, 5.74) is 2.25. The zero-order chi connectivity index (χ0) is 13.3. The Hall–Kier alpha value is -1.57. The molecule has 0 saturated carbocycles. The molecule has 1 aromatic carbocycles. The highest BCUT2D eigenvalue weighted by Crippen LogP contribution is 2.34. The number of nitrogens with zero attached hydrogens (tertiary/aromatic N) is 1. The van der Waals surface area contributed by atoms with Crippen LogP contribution in [-0.2, 0) is 10.2 Å². The van der Waals surface area contributed by atoms with Crippen LogP contribution in [0.1, 0.15) is 39.7 Å². The molecule has 1 unspecified atom stereocenters. The van der Waals surface area contributed by atoms with Crippen molar-refractivity contribution in [2.75, 3.05) is 4.90 Å². The number of anilines is 1. The summed E-state index contributed by atoms with van der Waals surface area (Å²) in [5.74, 6) is 0.261. The van der Waals surface area contributed by atoms with E-state index in [2.05, 4.69) is 32.9 Å². The third kappa shape index (κ3) is 2.33. The number of carbonyl (C=O) groups excluding carboxylic acids is 1. The SMILES string of the molecule is CC1CC=CN(c2ccccc2C(C)(C)C)C1=O. The molecule has 1 heterocycles. The molecule has 96 valence electrons. The molecule has 2 nitrogen and oxygen atoms in total. The fourth-order valence-corrected chi connectivity index (χ4v) is 2.30. The van der Waals surface area contributed by atoms with E-state index in [1.165, 1.54) is 5.56 Å². The molecule has 0 saturated heterocycles. The average Bonchev–Trinajstić information content (AvgIpc) is 2.32. The summed E-state index contributed by atoms with van der Waals surface area (Å²) in [6.45, 7) is 8.51. The van der Waals surface area contributed by atoms with Gasteiger partial charge in [0.1, 0.15) is 0 Å². The van der Waals surface area contributed by atoms with E-state index >= 15 is 0 Å². The molecule has 1 aromatic rings. The van der Waals surface area contributed by atoms with Crippen molar-refractivity contribution >= 4 is 11.6 Å². The molecule has 0 spiro atoms. The normalized spacial score (nSPS) is 20.3. The molecular weight excluding hydrogens is 222 g/mol. The van der Waals surface area contributed by atoms with Crippen molar-refractivity contribution in [3.8, 4) is 0 Å². The van der Waals surface area contributed by atoms with Crippen molar-refractivity contribution in [1.82, 2.24) is 0 Å². The van der Waals surface area contributed by atoms with Crippen LogP contribution in [0.5, 0.6) is 0 Å². The minimum absolute atomic E-state index is 0.0331. The van der Waals surface area contributed by atoms with Crippen LogP contribution in [0.2, 0.25) is 0 Å². The van der Waals surface area contributed by atoms with E-state index in [1.54, 1.807) is 4.90 Å².